The van der Waals surface area contributed by atoms with Crippen molar-refractivity contribution in [3.63, 3.8) is 0 Å². The van der Waals surface area contributed by atoms with Crippen molar-refractivity contribution >= 4 is 18.3 Å². The molecule has 1 saturated heterocycles. The van der Waals surface area contributed by atoms with Crippen molar-refractivity contribution in [1.29, 1.82) is 0 Å². The predicted octanol–water partition coefficient (Wildman–Crippen LogP) is -0.474. The van der Waals surface area contributed by atoms with Gasteiger partial charge in [-0.3, -0.25) is 10.1 Å². The summed E-state index contributed by atoms with van der Waals surface area (Å²) in [4.78, 5) is 14.1. The van der Waals surface area contributed by atoms with Crippen LogP contribution < -0.4 is 5.32 Å². The summed E-state index contributed by atoms with van der Waals surface area (Å²) in [5.41, 5.74) is 0. The lowest BCUT2D eigenvalue weighted by Gasteiger charge is -2.31. The van der Waals surface area contributed by atoms with Gasteiger partial charge in [-0.05, 0) is 24.7 Å². The number of amides is 1. The predicted molar refractivity (Wildman–Crippen MR) is 73.0 cm³/mol. The molecule has 1 aliphatic carbocycles. The third kappa shape index (κ3) is 2.79. The second-order valence-corrected chi connectivity index (χ2v) is 5.68. The van der Waals surface area contributed by atoms with Gasteiger partial charge in [-0.25, -0.2) is 0 Å². The lowest BCUT2D eigenvalue weighted by molar-refractivity contribution is -0.131. The van der Waals surface area contributed by atoms with Crippen molar-refractivity contribution in [2.24, 2.45) is 11.8 Å². The third-order valence-corrected chi connectivity index (χ3v) is 4.47. The van der Waals surface area contributed by atoms with Gasteiger partial charge in [0.15, 0.2) is 0 Å². The smallest absolute Gasteiger partial charge is 0.243 e. The van der Waals surface area contributed by atoms with Crippen molar-refractivity contribution in [1.82, 2.24) is 10.2 Å². The third-order valence-electron chi connectivity index (χ3n) is 4.47. The lowest BCUT2D eigenvalue weighted by atomic mass is 9.79. The van der Waals surface area contributed by atoms with Crippen LogP contribution in [0, 0.1) is 11.8 Å². The van der Waals surface area contributed by atoms with E-state index in [4.69, 9.17) is 0 Å². The average Bonchev–Trinajstić information content (AvgIpc) is 2.97. The number of hydrogen-bond acceptors (Lipinski definition) is 4. The van der Waals surface area contributed by atoms with Gasteiger partial charge in [0.1, 0.15) is 6.04 Å². The number of carbonyl (C=O) groups excluding carboxylic acids is 1. The van der Waals surface area contributed by atoms with Crippen LogP contribution in [0.4, 0.5) is 0 Å². The minimum Gasteiger partial charge on any atom is -0.390 e. The van der Waals surface area contributed by atoms with Crippen LogP contribution in [-0.4, -0.2) is 58.9 Å². The number of fused-ring (bicyclic) bond motifs is 1. The minimum atomic E-state index is -0.620. The molecule has 0 aromatic rings. The molecule has 2 fully saturated rings. The van der Waals surface area contributed by atoms with E-state index in [1.165, 1.54) is 0 Å². The Hall–Kier alpha value is -0.620. The first-order chi connectivity index (χ1) is 8.65. The molecule has 0 bridgehead atoms. The van der Waals surface area contributed by atoms with Crippen LogP contribution in [-0.2, 0) is 4.79 Å². The lowest BCUT2D eigenvalue weighted by Crippen LogP contribution is -2.42. The van der Waals surface area contributed by atoms with Crippen LogP contribution in [0.25, 0.3) is 0 Å². The SMILES string of the molecule is Cl.O=C(C1C=CCN1)N1C[C@H]2C[C@H](O)[C@H](O)C[C@H]2C1. The van der Waals surface area contributed by atoms with Gasteiger partial charge in [0.05, 0.1) is 12.2 Å². The van der Waals surface area contributed by atoms with E-state index in [1.807, 2.05) is 17.1 Å². The van der Waals surface area contributed by atoms with E-state index < -0.39 is 12.2 Å². The van der Waals surface area contributed by atoms with Crippen molar-refractivity contribution in [3.8, 4) is 0 Å². The monoisotopic (exact) mass is 288 g/mol. The van der Waals surface area contributed by atoms with Gasteiger partial charge in [0.2, 0.25) is 5.91 Å². The van der Waals surface area contributed by atoms with E-state index in [1.54, 1.807) is 0 Å². The van der Waals surface area contributed by atoms with Gasteiger partial charge in [-0.15, -0.1) is 12.4 Å². The summed E-state index contributed by atoms with van der Waals surface area (Å²) >= 11 is 0. The highest BCUT2D eigenvalue weighted by Crippen LogP contribution is 2.36. The first-order valence-electron chi connectivity index (χ1n) is 6.70. The summed E-state index contributed by atoms with van der Waals surface area (Å²) in [5, 5.41) is 22.5. The van der Waals surface area contributed by atoms with E-state index in [9.17, 15) is 15.0 Å². The van der Waals surface area contributed by atoms with Crippen molar-refractivity contribution in [3.05, 3.63) is 12.2 Å². The molecular weight excluding hydrogens is 268 g/mol. The topological polar surface area (TPSA) is 72.8 Å². The molecule has 5 nitrogen and oxygen atoms in total. The van der Waals surface area contributed by atoms with Crippen molar-refractivity contribution in [2.75, 3.05) is 19.6 Å². The van der Waals surface area contributed by atoms with Gasteiger partial charge in [0, 0.05) is 19.6 Å². The summed E-state index contributed by atoms with van der Waals surface area (Å²) in [6.45, 7) is 2.20. The summed E-state index contributed by atoms with van der Waals surface area (Å²) < 4.78 is 0. The summed E-state index contributed by atoms with van der Waals surface area (Å²) in [5.74, 6) is 0.817. The molecule has 1 amide bonds. The van der Waals surface area contributed by atoms with E-state index in [2.05, 4.69) is 5.32 Å². The zero-order valence-corrected chi connectivity index (χ0v) is 11.6. The number of aliphatic hydroxyl groups is 2. The minimum absolute atomic E-state index is 0. The Labute approximate surface area is 119 Å². The highest BCUT2D eigenvalue weighted by atomic mass is 35.5. The Bertz CT molecular complexity index is 359. The van der Waals surface area contributed by atoms with E-state index in [-0.39, 0.29) is 24.4 Å². The zero-order valence-electron chi connectivity index (χ0n) is 10.7. The van der Waals surface area contributed by atoms with Gasteiger partial charge in [-0.1, -0.05) is 12.2 Å². The summed E-state index contributed by atoms with van der Waals surface area (Å²) in [6.07, 6.45) is 3.87. The Morgan fingerprint density at radius 3 is 2.21 bits per heavy atom. The van der Waals surface area contributed by atoms with Crippen LogP contribution in [0.1, 0.15) is 12.8 Å². The maximum Gasteiger partial charge on any atom is 0.243 e. The molecule has 3 rings (SSSR count). The molecule has 0 aromatic heterocycles. The van der Waals surface area contributed by atoms with Crippen molar-refractivity contribution < 1.29 is 15.0 Å². The Balaban J connectivity index is 0.00000133. The van der Waals surface area contributed by atoms with Crippen LogP contribution in [0.2, 0.25) is 0 Å². The Morgan fingerprint density at radius 1 is 1.16 bits per heavy atom. The van der Waals surface area contributed by atoms with E-state index >= 15 is 0 Å². The fourth-order valence-electron chi connectivity index (χ4n) is 3.42. The van der Waals surface area contributed by atoms with Crippen LogP contribution in [0.15, 0.2) is 12.2 Å². The number of carbonyl (C=O) groups is 1. The fourth-order valence-corrected chi connectivity index (χ4v) is 3.42. The number of aliphatic hydroxyl groups excluding tert-OH is 2. The molecule has 108 valence electrons. The molecule has 0 radical (unpaired) electrons. The standard InChI is InChI=1S/C13H20N2O3.ClH/c16-11-4-8-6-15(7-9(8)5-12(11)17)13(18)10-2-1-3-14-10;/h1-2,8-12,14,16-17H,3-7H2;1H/t8-,9+,10?,11+,12-;. The molecular formula is C13H21ClN2O3. The molecule has 5 atom stereocenters. The van der Waals surface area contributed by atoms with Crippen LogP contribution in [0.5, 0.6) is 0 Å². The highest BCUT2D eigenvalue weighted by Gasteiger charge is 2.43. The quantitative estimate of drug-likeness (QED) is 0.570. The number of likely N-dealkylation sites (tertiary alicyclic amines) is 1. The number of rotatable bonds is 1. The highest BCUT2D eigenvalue weighted by molar-refractivity contribution is 5.85. The maximum atomic E-state index is 12.2. The second kappa shape index (κ2) is 5.79. The van der Waals surface area contributed by atoms with Gasteiger partial charge in [0.25, 0.3) is 0 Å². The fraction of sp³-hybridized carbons (Fsp3) is 0.769. The van der Waals surface area contributed by atoms with Crippen LogP contribution >= 0.6 is 12.4 Å². The van der Waals surface area contributed by atoms with Gasteiger partial charge < -0.3 is 15.1 Å². The molecule has 19 heavy (non-hydrogen) atoms. The molecule has 3 aliphatic rings. The molecule has 1 saturated carbocycles. The first kappa shape index (κ1) is 14.8. The molecule has 1 unspecified atom stereocenters. The second-order valence-electron chi connectivity index (χ2n) is 5.68. The maximum absolute atomic E-state index is 12.2. The molecule has 6 heteroatoms. The molecule has 2 aliphatic heterocycles. The summed E-state index contributed by atoms with van der Waals surface area (Å²) in [7, 11) is 0. The van der Waals surface area contributed by atoms with Crippen molar-refractivity contribution in [2.45, 2.75) is 31.1 Å². The number of halogens is 1. The zero-order chi connectivity index (χ0) is 12.7. The molecule has 0 spiro atoms. The average molecular weight is 289 g/mol. The normalized spacial score (nSPS) is 40.9. The van der Waals surface area contributed by atoms with Gasteiger partial charge >= 0.3 is 0 Å². The molecule has 0 aromatic carbocycles. The summed E-state index contributed by atoms with van der Waals surface area (Å²) in [6, 6.07) is -0.181. The van der Waals surface area contributed by atoms with E-state index in [0.29, 0.717) is 24.7 Å². The largest absolute Gasteiger partial charge is 0.390 e. The molecule has 3 N–H and O–H groups in total. The van der Waals surface area contributed by atoms with E-state index in [0.717, 1.165) is 19.6 Å². The van der Waals surface area contributed by atoms with Gasteiger partial charge in [-0.2, -0.15) is 0 Å². The Morgan fingerprint density at radius 2 is 1.74 bits per heavy atom. The molecule has 2 heterocycles. The first-order valence-corrected chi connectivity index (χ1v) is 6.70. The number of hydrogen-bond donors (Lipinski definition) is 3. The number of nitrogens with one attached hydrogen (secondary N) is 1. The van der Waals surface area contributed by atoms with Crippen LogP contribution in [0.3, 0.4) is 0 Å². The Kier molecular flexibility index (Phi) is 4.50. The number of nitrogens with zero attached hydrogens (tertiary/aromatic N) is 1.